The number of fused-ring (bicyclic) bond motifs is 1. The van der Waals surface area contributed by atoms with Crippen LogP contribution in [0.15, 0.2) is 74.1 Å². The molecule has 0 radical (unpaired) electrons. The van der Waals surface area contributed by atoms with E-state index in [1.165, 1.54) is 29.3 Å². The van der Waals surface area contributed by atoms with Gasteiger partial charge < -0.3 is 5.32 Å². The molecule has 9 nitrogen and oxygen atoms in total. The zero-order valence-corrected chi connectivity index (χ0v) is 20.6. The maximum atomic E-state index is 13.4. The number of para-hydroxylation sites is 1. The number of benzene rings is 2. The molecule has 0 fully saturated rings. The average Bonchev–Trinajstić information content (AvgIpc) is 2.85. The van der Waals surface area contributed by atoms with Crippen LogP contribution in [0, 0.1) is 0 Å². The highest BCUT2D eigenvalue weighted by Gasteiger charge is 2.16. The topological polar surface area (TPSA) is 108 Å². The molecule has 0 atom stereocenters. The third-order valence-corrected chi connectivity index (χ3v) is 6.63. The SMILES string of the molecule is CC(C)c1ccc(-n2c(SCC(=O)Nc3cc(=O)n(C)c(=O)n3C)nc3ccccc3c2=O)cc1. The number of thioether (sulfide) groups is 1. The molecule has 35 heavy (non-hydrogen) atoms. The van der Waals surface area contributed by atoms with Gasteiger partial charge in [-0.15, -0.1) is 0 Å². The second-order valence-corrected chi connectivity index (χ2v) is 9.35. The van der Waals surface area contributed by atoms with Crippen molar-refractivity contribution >= 4 is 34.4 Å². The molecular formula is C25H25N5O4S. The van der Waals surface area contributed by atoms with E-state index in [2.05, 4.69) is 24.1 Å². The van der Waals surface area contributed by atoms with Crippen LogP contribution in [0.5, 0.6) is 0 Å². The van der Waals surface area contributed by atoms with Crippen molar-refractivity contribution in [2.45, 2.75) is 24.9 Å². The Morgan fingerprint density at radius 3 is 2.37 bits per heavy atom. The van der Waals surface area contributed by atoms with Crippen LogP contribution in [0.1, 0.15) is 25.3 Å². The number of carbonyl (C=O) groups excluding carboxylic acids is 1. The maximum Gasteiger partial charge on any atom is 0.332 e. The summed E-state index contributed by atoms with van der Waals surface area (Å²) in [6.45, 7) is 4.19. The quantitative estimate of drug-likeness (QED) is 0.328. The van der Waals surface area contributed by atoms with Crippen molar-refractivity contribution in [1.82, 2.24) is 18.7 Å². The van der Waals surface area contributed by atoms with Crippen LogP contribution in [-0.2, 0) is 18.9 Å². The van der Waals surface area contributed by atoms with Gasteiger partial charge in [0.15, 0.2) is 5.16 Å². The lowest BCUT2D eigenvalue weighted by Crippen LogP contribution is -2.38. The van der Waals surface area contributed by atoms with E-state index in [4.69, 9.17) is 0 Å². The lowest BCUT2D eigenvalue weighted by molar-refractivity contribution is -0.113. The number of rotatable bonds is 6. The smallest absolute Gasteiger partial charge is 0.311 e. The molecule has 2 aromatic heterocycles. The van der Waals surface area contributed by atoms with E-state index in [1.54, 1.807) is 24.3 Å². The van der Waals surface area contributed by atoms with Crippen molar-refractivity contribution in [3.63, 3.8) is 0 Å². The number of hydrogen-bond acceptors (Lipinski definition) is 6. The Bertz CT molecular complexity index is 1600. The minimum Gasteiger partial charge on any atom is -0.311 e. The normalized spacial score (nSPS) is 11.2. The van der Waals surface area contributed by atoms with Gasteiger partial charge in [0, 0.05) is 20.2 Å². The molecule has 0 aliphatic rings. The third-order valence-electron chi connectivity index (χ3n) is 5.69. The predicted molar refractivity (Wildman–Crippen MR) is 138 cm³/mol. The molecule has 10 heteroatoms. The Kier molecular flexibility index (Phi) is 6.74. The van der Waals surface area contributed by atoms with Gasteiger partial charge >= 0.3 is 5.69 Å². The van der Waals surface area contributed by atoms with Crippen molar-refractivity contribution in [2.75, 3.05) is 11.1 Å². The molecule has 2 heterocycles. The Morgan fingerprint density at radius 2 is 1.69 bits per heavy atom. The van der Waals surface area contributed by atoms with Gasteiger partial charge in [0.1, 0.15) is 5.82 Å². The largest absolute Gasteiger partial charge is 0.332 e. The van der Waals surface area contributed by atoms with E-state index >= 15 is 0 Å². The fourth-order valence-electron chi connectivity index (χ4n) is 3.61. The van der Waals surface area contributed by atoms with Crippen LogP contribution in [0.4, 0.5) is 5.82 Å². The zero-order chi connectivity index (χ0) is 25.3. The summed E-state index contributed by atoms with van der Waals surface area (Å²) in [5, 5.41) is 3.43. The number of anilines is 1. The number of nitrogens with one attached hydrogen (secondary N) is 1. The van der Waals surface area contributed by atoms with Crippen LogP contribution in [0.25, 0.3) is 16.6 Å². The minimum absolute atomic E-state index is 0.0851. The molecule has 2 aromatic carbocycles. The Labute approximate surface area is 205 Å². The van der Waals surface area contributed by atoms with Gasteiger partial charge in [-0.05, 0) is 35.7 Å². The van der Waals surface area contributed by atoms with E-state index in [-0.39, 0.29) is 17.1 Å². The van der Waals surface area contributed by atoms with Crippen LogP contribution < -0.4 is 22.1 Å². The first-order chi connectivity index (χ1) is 16.7. The number of hydrogen-bond donors (Lipinski definition) is 1. The summed E-state index contributed by atoms with van der Waals surface area (Å²) in [7, 11) is 2.83. The van der Waals surface area contributed by atoms with E-state index in [9.17, 15) is 19.2 Å². The summed E-state index contributed by atoms with van der Waals surface area (Å²) in [6, 6.07) is 15.9. The van der Waals surface area contributed by atoms with Gasteiger partial charge in [0.2, 0.25) is 5.91 Å². The average molecular weight is 492 g/mol. The fourth-order valence-corrected chi connectivity index (χ4v) is 4.42. The maximum absolute atomic E-state index is 13.4. The van der Waals surface area contributed by atoms with E-state index < -0.39 is 17.2 Å². The summed E-state index contributed by atoms with van der Waals surface area (Å²) in [6.07, 6.45) is 0. The number of aromatic nitrogens is 4. The van der Waals surface area contributed by atoms with Crippen molar-refractivity contribution in [1.29, 1.82) is 0 Å². The lowest BCUT2D eigenvalue weighted by atomic mass is 10.0. The highest BCUT2D eigenvalue weighted by molar-refractivity contribution is 7.99. The first kappa shape index (κ1) is 24.2. The molecular weight excluding hydrogens is 466 g/mol. The second-order valence-electron chi connectivity index (χ2n) is 8.40. The summed E-state index contributed by atoms with van der Waals surface area (Å²) >= 11 is 1.10. The molecule has 4 aromatic rings. The fraction of sp³-hybridized carbons (Fsp3) is 0.240. The molecule has 0 bridgehead atoms. The molecule has 1 N–H and O–H groups in total. The number of carbonyl (C=O) groups is 1. The molecule has 0 saturated heterocycles. The summed E-state index contributed by atoms with van der Waals surface area (Å²) in [5.41, 5.74) is 1.02. The summed E-state index contributed by atoms with van der Waals surface area (Å²) in [5.74, 6) is -0.0869. The third kappa shape index (κ3) is 4.83. The molecule has 1 amide bonds. The summed E-state index contributed by atoms with van der Waals surface area (Å²) in [4.78, 5) is 54.8. The minimum atomic E-state index is -0.546. The van der Waals surface area contributed by atoms with Crippen molar-refractivity contribution in [2.24, 2.45) is 14.1 Å². The second kappa shape index (κ2) is 9.75. The van der Waals surface area contributed by atoms with E-state index in [0.717, 1.165) is 21.9 Å². The molecule has 0 spiro atoms. The molecule has 0 aliphatic carbocycles. The van der Waals surface area contributed by atoms with Gasteiger partial charge in [-0.1, -0.05) is 49.9 Å². The van der Waals surface area contributed by atoms with Crippen molar-refractivity contribution < 1.29 is 4.79 Å². The summed E-state index contributed by atoms with van der Waals surface area (Å²) < 4.78 is 3.63. The van der Waals surface area contributed by atoms with Crippen LogP contribution in [0.3, 0.4) is 0 Å². The van der Waals surface area contributed by atoms with Gasteiger partial charge in [0.05, 0.1) is 22.3 Å². The number of nitrogens with zero attached hydrogens (tertiary/aromatic N) is 4. The van der Waals surface area contributed by atoms with Gasteiger partial charge in [-0.3, -0.25) is 28.1 Å². The Balaban J connectivity index is 1.68. The van der Waals surface area contributed by atoms with Crippen LogP contribution in [0.2, 0.25) is 0 Å². The Hall–Kier alpha value is -3.92. The molecule has 0 unspecified atom stereocenters. The lowest BCUT2D eigenvalue weighted by Gasteiger charge is -2.15. The van der Waals surface area contributed by atoms with Gasteiger partial charge in [-0.2, -0.15) is 0 Å². The van der Waals surface area contributed by atoms with E-state index in [1.807, 2.05) is 24.3 Å². The van der Waals surface area contributed by atoms with Crippen molar-refractivity contribution in [3.05, 3.63) is 91.4 Å². The first-order valence-corrected chi connectivity index (χ1v) is 12.0. The van der Waals surface area contributed by atoms with Crippen LogP contribution >= 0.6 is 11.8 Å². The molecule has 180 valence electrons. The van der Waals surface area contributed by atoms with Crippen molar-refractivity contribution in [3.8, 4) is 5.69 Å². The van der Waals surface area contributed by atoms with Gasteiger partial charge in [-0.25, -0.2) is 9.78 Å². The highest BCUT2D eigenvalue weighted by Crippen LogP contribution is 2.23. The predicted octanol–water partition coefficient (Wildman–Crippen LogP) is 2.64. The van der Waals surface area contributed by atoms with Gasteiger partial charge in [0.25, 0.3) is 11.1 Å². The molecule has 4 rings (SSSR count). The number of amides is 1. The highest BCUT2D eigenvalue weighted by atomic mass is 32.2. The zero-order valence-electron chi connectivity index (χ0n) is 19.8. The van der Waals surface area contributed by atoms with Crippen LogP contribution in [-0.4, -0.2) is 30.3 Å². The monoisotopic (exact) mass is 491 g/mol. The Morgan fingerprint density at radius 1 is 1.00 bits per heavy atom. The molecule has 0 saturated carbocycles. The first-order valence-electron chi connectivity index (χ1n) is 11.0. The standard InChI is InChI=1S/C25H25N5O4S/c1-15(2)16-9-11-17(12-10-16)30-23(33)18-7-5-6-8-19(18)26-24(30)35-14-21(31)27-20-13-22(32)29(4)25(34)28(20)3/h5-13,15H,14H2,1-4H3,(H,27,31). The molecule has 0 aliphatic heterocycles. The van der Waals surface area contributed by atoms with E-state index in [0.29, 0.717) is 27.7 Å².